The first-order valence-electron chi connectivity index (χ1n) is 9.55. The fourth-order valence-corrected chi connectivity index (χ4v) is 3.92. The van der Waals surface area contributed by atoms with Crippen LogP contribution in [0.4, 0.5) is 5.69 Å². The lowest BCUT2D eigenvalue weighted by Crippen LogP contribution is -2.42. The van der Waals surface area contributed by atoms with Gasteiger partial charge in [-0.3, -0.25) is 24.0 Å². The third-order valence-corrected chi connectivity index (χ3v) is 5.65. The number of non-ortho nitro benzene ring substituents is 1. The van der Waals surface area contributed by atoms with Crippen LogP contribution in [-0.2, 0) is 14.1 Å². The summed E-state index contributed by atoms with van der Waals surface area (Å²) in [4.78, 5) is 36.0. The van der Waals surface area contributed by atoms with Crippen molar-refractivity contribution >= 4 is 5.69 Å². The fraction of sp³-hybridized carbons (Fsp3) is 0.273. The number of aromatic nitrogens is 2. The lowest BCUT2D eigenvalue weighted by Gasteiger charge is -2.33. The number of hydrogen-bond donors (Lipinski definition) is 0. The Labute approximate surface area is 172 Å². The normalized spacial score (nSPS) is 17.8. The van der Waals surface area contributed by atoms with Crippen LogP contribution >= 0.6 is 0 Å². The third kappa shape index (κ3) is 3.20. The van der Waals surface area contributed by atoms with Crippen LogP contribution in [0.1, 0.15) is 40.7 Å². The van der Waals surface area contributed by atoms with Gasteiger partial charge in [-0.1, -0.05) is 42.0 Å². The zero-order valence-electron chi connectivity index (χ0n) is 16.9. The lowest BCUT2D eigenvalue weighted by atomic mass is 9.84. The summed E-state index contributed by atoms with van der Waals surface area (Å²) >= 11 is 0. The minimum Gasteiger partial charge on any atom is -0.470 e. The van der Waals surface area contributed by atoms with E-state index in [2.05, 4.69) is 0 Å². The second-order valence-electron chi connectivity index (χ2n) is 7.58. The van der Waals surface area contributed by atoms with Crippen LogP contribution in [0.3, 0.4) is 0 Å². The molecule has 3 aromatic rings. The van der Waals surface area contributed by atoms with E-state index in [4.69, 9.17) is 4.74 Å². The van der Waals surface area contributed by atoms with Crippen molar-refractivity contribution < 1.29 is 9.66 Å². The van der Waals surface area contributed by atoms with E-state index in [1.165, 1.54) is 23.7 Å². The topological polar surface area (TPSA) is 96.4 Å². The van der Waals surface area contributed by atoms with E-state index in [0.29, 0.717) is 12.0 Å². The average Bonchev–Trinajstić information content (AvgIpc) is 2.76. The van der Waals surface area contributed by atoms with Gasteiger partial charge >= 0.3 is 5.69 Å². The molecule has 0 fully saturated rings. The first-order valence-corrected chi connectivity index (χ1v) is 9.55. The molecule has 154 valence electrons. The van der Waals surface area contributed by atoms with Gasteiger partial charge in [0.25, 0.3) is 11.2 Å². The molecule has 1 aliphatic rings. The van der Waals surface area contributed by atoms with Gasteiger partial charge in [-0.25, -0.2) is 4.79 Å². The van der Waals surface area contributed by atoms with Gasteiger partial charge in [0.15, 0.2) is 0 Å². The Kier molecular flexibility index (Phi) is 4.77. The zero-order valence-corrected chi connectivity index (χ0v) is 16.9. The second kappa shape index (κ2) is 7.29. The lowest BCUT2D eigenvalue weighted by molar-refractivity contribution is -0.384. The molecule has 0 unspecified atom stereocenters. The van der Waals surface area contributed by atoms with Crippen molar-refractivity contribution in [3.8, 4) is 5.88 Å². The van der Waals surface area contributed by atoms with Crippen molar-refractivity contribution in [2.75, 3.05) is 0 Å². The Bertz CT molecular complexity index is 1240. The van der Waals surface area contributed by atoms with Crippen molar-refractivity contribution in [1.29, 1.82) is 0 Å². The van der Waals surface area contributed by atoms with Gasteiger partial charge in [-0.15, -0.1) is 0 Å². The highest BCUT2D eigenvalue weighted by atomic mass is 16.6. The van der Waals surface area contributed by atoms with E-state index in [-0.39, 0.29) is 23.6 Å². The zero-order chi connectivity index (χ0) is 21.6. The number of nitro benzene ring substituents is 1. The summed E-state index contributed by atoms with van der Waals surface area (Å²) in [6.45, 7) is 1.99. The number of hydrogen-bond acceptors (Lipinski definition) is 5. The van der Waals surface area contributed by atoms with Crippen molar-refractivity contribution in [3.05, 3.63) is 102 Å². The predicted molar refractivity (Wildman–Crippen MR) is 111 cm³/mol. The van der Waals surface area contributed by atoms with Crippen LogP contribution in [0.15, 0.2) is 58.1 Å². The number of nitrogens with zero attached hydrogens (tertiary/aromatic N) is 3. The number of benzene rings is 2. The number of aryl methyl sites for hydroxylation is 1. The SMILES string of the molecule is Cc1ccc([C@H]2C[C@@H](c3ccc([N+](=O)[O-])cc3)c3c(n(C)c(=O)n(C)c3=O)O2)cc1. The summed E-state index contributed by atoms with van der Waals surface area (Å²) in [6.07, 6.45) is 0.109. The molecule has 0 radical (unpaired) electrons. The van der Waals surface area contributed by atoms with Crippen molar-refractivity contribution in [2.45, 2.75) is 25.4 Å². The summed E-state index contributed by atoms with van der Waals surface area (Å²) in [5.41, 5.74) is 2.29. The summed E-state index contributed by atoms with van der Waals surface area (Å²) in [7, 11) is 3.01. The van der Waals surface area contributed by atoms with E-state index in [9.17, 15) is 19.7 Å². The molecule has 0 aliphatic carbocycles. The minimum atomic E-state index is -0.467. The van der Waals surface area contributed by atoms with Gasteiger partial charge in [0, 0.05) is 32.1 Å². The maximum atomic E-state index is 13.0. The number of fused-ring (bicyclic) bond motifs is 1. The van der Waals surface area contributed by atoms with Crippen LogP contribution in [-0.4, -0.2) is 14.1 Å². The molecule has 0 bridgehead atoms. The van der Waals surface area contributed by atoms with Crippen LogP contribution in [0.25, 0.3) is 0 Å². The quantitative estimate of drug-likeness (QED) is 0.491. The third-order valence-electron chi connectivity index (χ3n) is 5.65. The fourth-order valence-electron chi connectivity index (χ4n) is 3.92. The van der Waals surface area contributed by atoms with E-state index in [1.807, 2.05) is 31.2 Å². The number of ether oxygens (including phenoxy) is 1. The molecule has 1 aliphatic heterocycles. The van der Waals surface area contributed by atoms with Crippen LogP contribution in [0.2, 0.25) is 0 Å². The molecule has 30 heavy (non-hydrogen) atoms. The van der Waals surface area contributed by atoms with Gasteiger partial charge < -0.3 is 4.74 Å². The maximum Gasteiger partial charge on any atom is 0.333 e. The standard InChI is InChI=1S/C22H21N3O5/c1-13-4-6-15(7-5-13)18-12-17(14-8-10-16(11-9-14)25(28)29)19-20(26)23(2)22(27)24(3)21(19)30-18/h4-11,17-18H,12H2,1-3H3/t17-,18+/m0/s1. The summed E-state index contributed by atoms with van der Waals surface area (Å²) in [5.74, 6) is -0.130. The monoisotopic (exact) mass is 407 g/mol. The molecular formula is C22H21N3O5. The highest BCUT2D eigenvalue weighted by Crippen LogP contribution is 2.43. The summed E-state index contributed by atoms with van der Waals surface area (Å²) in [6, 6.07) is 14.1. The van der Waals surface area contributed by atoms with Crippen molar-refractivity contribution in [2.24, 2.45) is 14.1 Å². The van der Waals surface area contributed by atoms with E-state index in [0.717, 1.165) is 21.3 Å². The largest absolute Gasteiger partial charge is 0.470 e. The molecule has 0 saturated carbocycles. The predicted octanol–water partition coefficient (Wildman–Crippen LogP) is 2.96. The molecular weight excluding hydrogens is 386 g/mol. The maximum absolute atomic E-state index is 13.0. The van der Waals surface area contributed by atoms with E-state index >= 15 is 0 Å². The molecule has 0 saturated heterocycles. The Hall–Kier alpha value is -3.68. The van der Waals surface area contributed by atoms with Gasteiger partial charge in [0.1, 0.15) is 6.10 Å². The highest BCUT2D eigenvalue weighted by Gasteiger charge is 2.35. The molecule has 8 nitrogen and oxygen atoms in total. The molecule has 0 N–H and O–H groups in total. The van der Waals surface area contributed by atoms with Gasteiger partial charge in [-0.05, 0) is 24.5 Å². The summed E-state index contributed by atoms with van der Waals surface area (Å²) < 4.78 is 8.57. The molecule has 8 heteroatoms. The Morgan fingerprint density at radius 3 is 2.17 bits per heavy atom. The molecule has 4 rings (SSSR count). The van der Waals surface area contributed by atoms with Crippen LogP contribution in [0, 0.1) is 17.0 Å². The first-order chi connectivity index (χ1) is 14.3. The van der Waals surface area contributed by atoms with Crippen molar-refractivity contribution in [1.82, 2.24) is 9.13 Å². The molecule has 2 heterocycles. The smallest absolute Gasteiger partial charge is 0.333 e. The molecule has 0 amide bonds. The Morgan fingerprint density at radius 1 is 0.967 bits per heavy atom. The molecule has 1 aromatic heterocycles. The molecule has 2 aromatic carbocycles. The molecule has 0 spiro atoms. The second-order valence-corrected chi connectivity index (χ2v) is 7.58. The highest BCUT2D eigenvalue weighted by molar-refractivity contribution is 5.43. The van der Waals surface area contributed by atoms with Gasteiger partial charge in [-0.2, -0.15) is 0 Å². The molecule has 2 atom stereocenters. The van der Waals surface area contributed by atoms with Crippen LogP contribution < -0.4 is 16.0 Å². The number of rotatable bonds is 3. The minimum absolute atomic E-state index is 0.0190. The van der Waals surface area contributed by atoms with Gasteiger partial charge in [0.05, 0.1) is 10.5 Å². The Morgan fingerprint density at radius 2 is 1.57 bits per heavy atom. The first kappa shape index (κ1) is 19.6. The van der Waals surface area contributed by atoms with E-state index < -0.39 is 16.2 Å². The summed E-state index contributed by atoms with van der Waals surface area (Å²) in [5, 5.41) is 11.0. The number of nitro groups is 1. The average molecular weight is 407 g/mol. The van der Waals surface area contributed by atoms with Crippen LogP contribution in [0.5, 0.6) is 5.88 Å². The van der Waals surface area contributed by atoms with Crippen molar-refractivity contribution in [3.63, 3.8) is 0 Å². The van der Waals surface area contributed by atoms with Gasteiger partial charge in [0.2, 0.25) is 5.88 Å². The van der Waals surface area contributed by atoms with E-state index in [1.54, 1.807) is 19.2 Å². The Balaban J connectivity index is 1.89.